The molecular formula is C11H17N. The lowest BCUT2D eigenvalue weighted by atomic mass is 10.2. The predicted molar refractivity (Wildman–Crippen MR) is 56.7 cm³/mol. The van der Waals surface area contributed by atoms with Gasteiger partial charge in [0.2, 0.25) is 0 Å². The number of allylic oxidation sites excluding steroid dienone is 5. The molecule has 0 saturated heterocycles. The average Bonchev–Trinajstić information content (AvgIpc) is 2.09. The van der Waals surface area contributed by atoms with Gasteiger partial charge < -0.3 is 0 Å². The first kappa shape index (κ1) is 10.9. The summed E-state index contributed by atoms with van der Waals surface area (Å²) in [6.07, 6.45) is 11.5. The van der Waals surface area contributed by atoms with Gasteiger partial charge in [0, 0.05) is 0 Å². The lowest BCUT2D eigenvalue weighted by Crippen LogP contribution is -1.73. The van der Waals surface area contributed by atoms with E-state index in [1.54, 1.807) is 0 Å². The van der Waals surface area contributed by atoms with E-state index in [-0.39, 0.29) is 0 Å². The molecule has 1 heteroatoms. The third kappa shape index (κ3) is 7.00. The standard InChI is InChI=1S/C11H17N/c1-4-5-6-7-8-11(2)9-10-12-3/h4-5,7-9H,3,6,10H2,1-2H3/b5-4-,8-7-,11-9+. The van der Waals surface area contributed by atoms with Crippen molar-refractivity contribution in [3.63, 3.8) is 0 Å². The maximum Gasteiger partial charge on any atom is 0.0568 e. The zero-order valence-corrected chi connectivity index (χ0v) is 7.96. The van der Waals surface area contributed by atoms with Crippen LogP contribution in [0.15, 0.2) is 40.9 Å². The highest BCUT2D eigenvalue weighted by atomic mass is 14.6. The molecule has 0 atom stereocenters. The molecule has 0 aliphatic carbocycles. The van der Waals surface area contributed by atoms with Crippen LogP contribution in [0.5, 0.6) is 0 Å². The number of hydrogen-bond donors (Lipinski definition) is 0. The molecule has 0 aromatic heterocycles. The number of nitrogens with zero attached hydrogens (tertiary/aromatic N) is 1. The van der Waals surface area contributed by atoms with Crippen LogP contribution in [0.2, 0.25) is 0 Å². The van der Waals surface area contributed by atoms with Gasteiger partial charge in [-0.05, 0) is 27.0 Å². The van der Waals surface area contributed by atoms with Crippen molar-refractivity contribution in [2.75, 3.05) is 6.54 Å². The second-order valence-electron chi connectivity index (χ2n) is 2.56. The van der Waals surface area contributed by atoms with Crippen molar-refractivity contribution in [1.29, 1.82) is 0 Å². The van der Waals surface area contributed by atoms with Crippen LogP contribution in [0.25, 0.3) is 0 Å². The highest BCUT2D eigenvalue weighted by Gasteiger charge is 1.78. The molecule has 0 aromatic rings. The molecule has 0 amide bonds. The van der Waals surface area contributed by atoms with Gasteiger partial charge in [0.1, 0.15) is 0 Å². The summed E-state index contributed by atoms with van der Waals surface area (Å²) in [5.74, 6) is 0. The first-order valence-corrected chi connectivity index (χ1v) is 4.18. The van der Waals surface area contributed by atoms with Gasteiger partial charge in [-0.1, -0.05) is 36.0 Å². The van der Waals surface area contributed by atoms with E-state index in [4.69, 9.17) is 0 Å². The van der Waals surface area contributed by atoms with E-state index in [9.17, 15) is 0 Å². The summed E-state index contributed by atoms with van der Waals surface area (Å²) in [7, 11) is 0. The Morgan fingerprint density at radius 1 is 1.42 bits per heavy atom. The van der Waals surface area contributed by atoms with Gasteiger partial charge in [-0.25, -0.2) is 0 Å². The number of rotatable bonds is 5. The predicted octanol–water partition coefficient (Wildman–Crippen LogP) is 3.16. The molecule has 0 radical (unpaired) electrons. The molecule has 66 valence electrons. The van der Waals surface area contributed by atoms with E-state index in [0.29, 0.717) is 6.54 Å². The summed E-state index contributed by atoms with van der Waals surface area (Å²) < 4.78 is 0. The van der Waals surface area contributed by atoms with Crippen molar-refractivity contribution >= 4 is 6.72 Å². The normalized spacial score (nSPS) is 13.0. The molecule has 0 rings (SSSR count). The summed E-state index contributed by atoms with van der Waals surface area (Å²) in [5, 5.41) is 0. The van der Waals surface area contributed by atoms with Gasteiger partial charge in [0.15, 0.2) is 0 Å². The van der Waals surface area contributed by atoms with Crippen molar-refractivity contribution in [3.8, 4) is 0 Å². The highest BCUT2D eigenvalue weighted by molar-refractivity contribution is 5.25. The average molecular weight is 163 g/mol. The summed E-state index contributed by atoms with van der Waals surface area (Å²) in [6.45, 7) is 8.21. The molecule has 1 nitrogen and oxygen atoms in total. The summed E-state index contributed by atoms with van der Waals surface area (Å²) in [5.41, 5.74) is 1.24. The Hall–Kier alpha value is -1.11. The van der Waals surface area contributed by atoms with Crippen LogP contribution in [-0.2, 0) is 0 Å². The topological polar surface area (TPSA) is 12.4 Å². The first-order valence-electron chi connectivity index (χ1n) is 4.18. The van der Waals surface area contributed by atoms with E-state index in [1.807, 2.05) is 6.92 Å². The van der Waals surface area contributed by atoms with Crippen LogP contribution < -0.4 is 0 Å². The summed E-state index contributed by atoms with van der Waals surface area (Å²) in [6, 6.07) is 0. The Kier molecular flexibility index (Phi) is 7.25. The van der Waals surface area contributed by atoms with Crippen LogP contribution in [0, 0.1) is 0 Å². The molecule has 0 heterocycles. The molecule has 0 N–H and O–H groups in total. The fourth-order valence-corrected chi connectivity index (χ4v) is 0.745. The Labute approximate surface area is 75.2 Å². The van der Waals surface area contributed by atoms with Crippen molar-refractivity contribution in [1.82, 2.24) is 0 Å². The van der Waals surface area contributed by atoms with E-state index in [2.05, 4.69) is 49.0 Å². The number of hydrogen-bond acceptors (Lipinski definition) is 1. The fourth-order valence-electron chi connectivity index (χ4n) is 0.745. The zero-order chi connectivity index (χ0) is 9.23. The fraction of sp³-hybridized carbons (Fsp3) is 0.364. The Morgan fingerprint density at radius 2 is 2.17 bits per heavy atom. The molecular weight excluding hydrogens is 146 g/mol. The van der Waals surface area contributed by atoms with Gasteiger partial charge in [-0.2, -0.15) is 0 Å². The Bertz CT molecular complexity index is 197. The second kappa shape index (κ2) is 7.99. The third-order valence-electron chi connectivity index (χ3n) is 1.43. The van der Waals surface area contributed by atoms with Gasteiger partial charge in [-0.3, -0.25) is 4.99 Å². The van der Waals surface area contributed by atoms with Crippen molar-refractivity contribution < 1.29 is 0 Å². The summed E-state index contributed by atoms with van der Waals surface area (Å²) >= 11 is 0. The number of aliphatic imine (C=N–C) groups is 1. The van der Waals surface area contributed by atoms with Gasteiger partial charge in [0.05, 0.1) is 6.54 Å². The quantitative estimate of drug-likeness (QED) is 0.335. The van der Waals surface area contributed by atoms with Crippen LogP contribution in [0.4, 0.5) is 0 Å². The molecule has 12 heavy (non-hydrogen) atoms. The largest absolute Gasteiger partial charge is 0.297 e. The highest BCUT2D eigenvalue weighted by Crippen LogP contribution is 1.96. The molecule has 0 aliphatic heterocycles. The smallest absolute Gasteiger partial charge is 0.0568 e. The third-order valence-corrected chi connectivity index (χ3v) is 1.43. The van der Waals surface area contributed by atoms with E-state index in [1.165, 1.54) is 5.57 Å². The molecule has 0 bridgehead atoms. The van der Waals surface area contributed by atoms with E-state index >= 15 is 0 Å². The van der Waals surface area contributed by atoms with Gasteiger partial charge in [0.25, 0.3) is 0 Å². The molecule has 0 aliphatic rings. The van der Waals surface area contributed by atoms with Gasteiger partial charge in [-0.15, -0.1) is 0 Å². The van der Waals surface area contributed by atoms with Crippen LogP contribution in [0.1, 0.15) is 20.3 Å². The van der Waals surface area contributed by atoms with Gasteiger partial charge >= 0.3 is 0 Å². The molecule has 0 spiro atoms. The minimum atomic E-state index is 0.708. The zero-order valence-electron chi connectivity index (χ0n) is 7.96. The van der Waals surface area contributed by atoms with Crippen LogP contribution in [0.3, 0.4) is 0 Å². The minimum absolute atomic E-state index is 0.708. The van der Waals surface area contributed by atoms with Crippen LogP contribution in [-0.4, -0.2) is 13.3 Å². The maximum atomic E-state index is 3.75. The lowest BCUT2D eigenvalue weighted by Gasteiger charge is -1.88. The minimum Gasteiger partial charge on any atom is -0.297 e. The van der Waals surface area contributed by atoms with Crippen molar-refractivity contribution in [3.05, 3.63) is 36.0 Å². The second-order valence-corrected chi connectivity index (χ2v) is 2.56. The monoisotopic (exact) mass is 163 g/mol. The van der Waals surface area contributed by atoms with E-state index < -0.39 is 0 Å². The molecule has 0 saturated carbocycles. The summed E-state index contributed by atoms with van der Waals surface area (Å²) in [4.78, 5) is 3.75. The maximum absolute atomic E-state index is 3.75. The lowest BCUT2D eigenvalue weighted by molar-refractivity contribution is 1.24. The SMILES string of the molecule is C=NC/C=C(C)/C=C\C/C=C\C. The van der Waals surface area contributed by atoms with Crippen molar-refractivity contribution in [2.24, 2.45) is 4.99 Å². The van der Waals surface area contributed by atoms with Crippen molar-refractivity contribution in [2.45, 2.75) is 20.3 Å². The molecule has 0 aromatic carbocycles. The van der Waals surface area contributed by atoms with E-state index in [0.717, 1.165) is 6.42 Å². The Morgan fingerprint density at radius 3 is 2.75 bits per heavy atom. The Balaban J connectivity index is 3.73. The molecule has 0 fully saturated rings. The first-order chi connectivity index (χ1) is 5.81. The molecule has 0 unspecified atom stereocenters. The van der Waals surface area contributed by atoms with Crippen LogP contribution >= 0.6 is 0 Å².